The van der Waals surface area contributed by atoms with Gasteiger partial charge in [0.05, 0.1) is 0 Å². The average molecular weight is 325 g/mol. The van der Waals surface area contributed by atoms with Crippen LogP contribution < -0.4 is 10.5 Å². The lowest BCUT2D eigenvalue weighted by atomic mass is 10.2. The molecule has 2 nitrogen and oxygen atoms in total. The van der Waals surface area contributed by atoms with Gasteiger partial charge < -0.3 is 10.5 Å². The summed E-state index contributed by atoms with van der Waals surface area (Å²) in [5.41, 5.74) is 7.68. The van der Waals surface area contributed by atoms with Crippen LogP contribution >= 0.6 is 22.6 Å². The summed E-state index contributed by atoms with van der Waals surface area (Å²) in [5, 5.41) is 0. The quantitative estimate of drug-likeness (QED) is 0.693. The van der Waals surface area contributed by atoms with Crippen molar-refractivity contribution in [1.82, 2.24) is 0 Å². The Morgan fingerprint density at radius 2 is 1.81 bits per heavy atom. The molecule has 0 amide bonds. The predicted octanol–water partition coefficient (Wildman–Crippen LogP) is 3.45. The van der Waals surface area contributed by atoms with E-state index in [2.05, 4.69) is 22.6 Å². The van der Waals surface area contributed by atoms with Crippen LogP contribution in [0.4, 0.5) is 5.69 Å². The highest BCUT2D eigenvalue weighted by Crippen LogP contribution is 2.21. The van der Waals surface area contributed by atoms with Crippen LogP contribution in [-0.4, -0.2) is 0 Å². The molecule has 82 valence electrons. The number of benzene rings is 2. The summed E-state index contributed by atoms with van der Waals surface area (Å²) < 4.78 is 6.68. The number of nitrogens with two attached hydrogens (primary N) is 1. The fraction of sp³-hybridized carbons (Fsp3) is 0.0769. The Labute approximate surface area is 109 Å². The molecule has 3 heteroatoms. The molecule has 2 rings (SSSR count). The number of hydrogen-bond donors (Lipinski definition) is 1. The van der Waals surface area contributed by atoms with Gasteiger partial charge in [-0.2, -0.15) is 0 Å². The van der Waals surface area contributed by atoms with Crippen molar-refractivity contribution in [3.8, 4) is 5.75 Å². The van der Waals surface area contributed by atoms with Crippen molar-refractivity contribution in [2.45, 2.75) is 6.61 Å². The number of anilines is 1. The molecule has 0 aliphatic rings. The standard InChI is InChI=1S/C13H12INO/c14-12-8-11(6-7-13(12)15)16-9-10-4-2-1-3-5-10/h1-8H,9,15H2. The minimum absolute atomic E-state index is 0.584. The third-order valence-corrected chi connectivity index (χ3v) is 3.15. The SMILES string of the molecule is Nc1ccc(OCc2ccccc2)cc1I. The van der Waals surface area contributed by atoms with E-state index in [9.17, 15) is 0 Å². The van der Waals surface area contributed by atoms with Crippen LogP contribution in [0.25, 0.3) is 0 Å². The summed E-state index contributed by atoms with van der Waals surface area (Å²) in [6.45, 7) is 0.584. The van der Waals surface area contributed by atoms with Gasteiger partial charge in [0.2, 0.25) is 0 Å². The molecule has 0 atom stereocenters. The van der Waals surface area contributed by atoms with Crippen LogP contribution in [0, 0.1) is 3.57 Å². The molecule has 2 N–H and O–H groups in total. The van der Waals surface area contributed by atoms with Gasteiger partial charge >= 0.3 is 0 Å². The van der Waals surface area contributed by atoms with Gasteiger partial charge in [-0.3, -0.25) is 0 Å². The fourth-order valence-electron chi connectivity index (χ4n) is 1.34. The first kappa shape index (κ1) is 11.3. The van der Waals surface area contributed by atoms with Crippen molar-refractivity contribution in [3.05, 3.63) is 57.7 Å². The smallest absolute Gasteiger partial charge is 0.121 e. The highest BCUT2D eigenvalue weighted by atomic mass is 127. The van der Waals surface area contributed by atoms with Gasteiger partial charge in [-0.15, -0.1) is 0 Å². The lowest BCUT2D eigenvalue weighted by Crippen LogP contribution is -1.96. The molecule has 0 spiro atoms. The zero-order valence-electron chi connectivity index (χ0n) is 8.69. The maximum Gasteiger partial charge on any atom is 0.121 e. The van der Waals surface area contributed by atoms with Crippen molar-refractivity contribution in [3.63, 3.8) is 0 Å². The number of ether oxygens (including phenoxy) is 1. The first-order valence-electron chi connectivity index (χ1n) is 4.97. The van der Waals surface area contributed by atoms with E-state index in [1.54, 1.807) is 0 Å². The maximum absolute atomic E-state index is 5.73. The molecule has 0 aliphatic carbocycles. The number of rotatable bonds is 3. The molecule has 0 radical (unpaired) electrons. The van der Waals surface area contributed by atoms with E-state index in [-0.39, 0.29) is 0 Å². The molecule has 2 aromatic rings. The second-order valence-corrected chi connectivity index (χ2v) is 4.62. The zero-order chi connectivity index (χ0) is 11.4. The first-order chi connectivity index (χ1) is 7.75. The van der Waals surface area contributed by atoms with E-state index in [1.807, 2.05) is 48.5 Å². The molecule has 0 saturated heterocycles. The highest BCUT2D eigenvalue weighted by Gasteiger charge is 1.99. The molecular formula is C13H12INO. The summed E-state index contributed by atoms with van der Waals surface area (Å²) in [6, 6.07) is 15.8. The minimum atomic E-state index is 0.584. The van der Waals surface area contributed by atoms with E-state index in [1.165, 1.54) is 0 Å². The van der Waals surface area contributed by atoms with Gasteiger partial charge in [0.25, 0.3) is 0 Å². The molecule has 0 aromatic heterocycles. The summed E-state index contributed by atoms with van der Waals surface area (Å²) >= 11 is 2.20. The molecule has 0 unspecified atom stereocenters. The van der Waals surface area contributed by atoms with Crippen LogP contribution in [0.5, 0.6) is 5.75 Å². The van der Waals surface area contributed by atoms with Crippen molar-refractivity contribution >= 4 is 28.3 Å². The van der Waals surface area contributed by atoms with Gasteiger partial charge in [0.15, 0.2) is 0 Å². The average Bonchev–Trinajstić information content (AvgIpc) is 2.32. The lowest BCUT2D eigenvalue weighted by Gasteiger charge is -2.07. The van der Waals surface area contributed by atoms with Crippen molar-refractivity contribution in [1.29, 1.82) is 0 Å². The van der Waals surface area contributed by atoms with Crippen LogP contribution in [0.2, 0.25) is 0 Å². The molecule has 0 heterocycles. The predicted molar refractivity (Wildman–Crippen MR) is 74.3 cm³/mol. The summed E-state index contributed by atoms with van der Waals surface area (Å²) in [6.07, 6.45) is 0. The van der Waals surface area contributed by atoms with Gasteiger partial charge in [-0.05, 0) is 46.4 Å². The van der Waals surface area contributed by atoms with Gasteiger partial charge in [-0.25, -0.2) is 0 Å². The Morgan fingerprint density at radius 1 is 1.06 bits per heavy atom. The third-order valence-electron chi connectivity index (χ3n) is 2.22. The number of nitrogen functional groups attached to an aromatic ring is 1. The van der Waals surface area contributed by atoms with Crippen LogP contribution in [0.15, 0.2) is 48.5 Å². The van der Waals surface area contributed by atoms with E-state index in [0.29, 0.717) is 6.61 Å². The number of halogens is 1. The van der Waals surface area contributed by atoms with Crippen LogP contribution in [-0.2, 0) is 6.61 Å². The van der Waals surface area contributed by atoms with Crippen LogP contribution in [0.3, 0.4) is 0 Å². The second kappa shape index (κ2) is 5.21. The maximum atomic E-state index is 5.73. The molecule has 2 aromatic carbocycles. The normalized spacial score (nSPS) is 10.1. The van der Waals surface area contributed by atoms with Crippen molar-refractivity contribution in [2.75, 3.05) is 5.73 Å². The molecular weight excluding hydrogens is 313 g/mol. The molecule has 0 bridgehead atoms. The van der Waals surface area contributed by atoms with E-state index < -0.39 is 0 Å². The second-order valence-electron chi connectivity index (χ2n) is 3.46. The van der Waals surface area contributed by atoms with E-state index >= 15 is 0 Å². The summed E-state index contributed by atoms with van der Waals surface area (Å²) in [5.74, 6) is 0.849. The van der Waals surface area contributed by atoms with E-state index in [4.69, 9.17) is 10.5 Å². The molecule has 0 fully saturated rings. The Hall–Kier alpha value is -1.23. The first-order valence-corrected chi connectivity index (χ1v) is 6.05. The summed E-state index contributed by atoms with van der Waals surface area (Å²) in [4.78, 5) is 0. The Bertz CT molecular complexity index is 471. The molecule has 16 heavy (non-hydrogen) atoms. The Morgan fingerprint density at radius 3 is 2.50 bits per heavy atom. The van der Waals surface area contributed by atoms with Gasteiger partial charge in [0, 0.05) is 9.26 Å². The van der Waals surface area contributed by atoms with Gasteiger partial charge in [-0.1, -0.05) is 30.3 Å². The van der Waals surface area contributed by atoms with E-state index in [0.717, 1.165) is 20.6 Å². The summed E-state index contributed by atoms with van der Waals surface area (Å²) in [7, 11) is 0. The third kappa shape index (κ3) is 2.88. The minimum Gasteiger partial charge on any atom is -0.489 e. The monoisotopic (exact) mass is 325 g/mol. The largest absolute Gasteiger partial charge is 0.489 e. The Balaban J connectivity index is 2.03. The number of hydrogen-bond acceptors (Lipinski definition) is 2. The topological polar surface area (TPSA) is 35.2 Å². The van der Waals surface area contributed by atoms with Crippen molar-refractivity contribution < 1.29 is 4.74 Å². The molecule has 0 aliphatic heterocycles. The lowest BCUT2D eigenvalue weighted by molar-refractivity contribution is 0.306. The van der Waals surface area contributed by atoms with Gasteiger partial charge in [0.1, 0.15) is 12.4 Å². The van der Waals surface area contributed by atoms with Crippen LogP contribution in [0.1, 0.15) is 5.56 Å². The zero-order valence-corrected chi connectivity index (χ0v) is 10.8. The Kier molecular flexibility index (Phi) is 3.66. The van der Waals surface area contributed by atoms with Crippen molar-refractivity contribution in [2.24, 2.45) is 0 Å². The highest BCUT2D eigenvalue weighted by molar-refractivity contribution is 14.1. The molecule has 0 saturated carbocycles. The fourth-order valence-corrected chi connectivity index (χ4v) is 1.83.